The number of ether oxygens (including phenoxy) is 1. The van der Waals surface area contributed by atoms with E-state index in [2.05, 4.69) is 15.4 Å². The molecule has 8 heteroatoms. The first kappa shape index (κ1) is 20.6. The molecule has 158 valence electrons. The molecule has 1 atom stereocenters. The molecule has 1 aromatic carbocycles. The van der Waals surface area contributed by atoms with E-state index in [-0.39, 0.29) is 23.4 Å². The molecule has 7 nitrogen and oxygen atoms in total. The van der Waals surface area contributed by atoms with Crippen LogP contribution in [-0.4, -0.2) is 40.3 Å². The summed E-state index contributed by atoms with van der Waals surface area (Å²) in [6.07, 6.45) is 4.41. The van der Waals surface area contributed by atoms with Crippen molar-refractivity contribution in [2.45, 2.75) is 45.1 Å². The van der Waals surface area contributed by atoms with Crippen molar-refractivity contribution in [1.82, 2.24) is 19.9 Å². The predicted molar refractivity (Wildman–Crippen MR) is 116 cm³/mol. The number of halogens is 1. The van der Waals surface area contributed by atoms with Crippen molar-refractivity contribution in [2.75, 3.05) is 13.7 Å². The van der Waals surface area contributed by atoms with E-state index in [1.165, 1.54) is 4.52 Å². The molecule has 1 amide bonds. The number of aromatic amines is 1. The molecule has 1 aliphatic carbocycles. The fraction of sp³-hybridized carbons (Fsp3) is 0.409. The second kappa shape index (κ2) is 8.24. The van der Waals surface area contributed by atoms with E-state index >= 15 is 0 Å². The Hall–Kier alpha value is -2.64. The quantitative estimate of drug-likeness (QED) is 0.600. The molecule has 0 bridgehead atoms. The molecule has 30 heavy (non-hydrogen) atoms. The molecule has 0 unspecified atom stereocenters. The van der Waals surface area contributed by atoms with Gasteiger partial charge in [0.15, 0.2) is 5.69 Å². The molecule has 1 fully saturated rings. The summed E-state index contributed by atoms with van der Waals surface area (Å²) < 4.78 is 6.72. The van der Waals surface area contributed by atoms with E-state index in [1.807, 2.05) is 26.0 Å². The maximum atomic E-state index is 13.0. The van der Waals surface area contributed by atoms with Gasteiger partial charge in [0.2, 0.25) is 0 Å². The molecular formula is C22H25ClN4O3. The van der Waals surface area contributed by atoms with E-state index in [0.29, 0.717) is 28.5 Å². The molecule has 2 heterocycles. The van der Waals surface area contributed by atoms with Gasteiger partial charge in [0, 0.05) is 17.7 Å². The summed E-state index contributed by atoms with van der Waals surface area (Å²) in [4.78, 5) is 28.9. The largest absolute Gasteiger partial charge is 0.383 e. The average Bonchev–Trinajstić information content (AvgIpc) is 3.49. The molecule has 0 saturated heterocycles. The third-order valence-electron chi connectivity index (χ3n) is 5.53. The first-order valence-electron chi connectivity index (χ1n) is 10.1. The minimum Gasteiger partial charge on any atom is -0.383 e. The lowest BCUT2D eigenvalue weighted by molar-refractivity contribution is 0.0888. The Morgan fingerprint density at radius 2 is 2.20 bits per heavy atom. The van der Waals surface area contributed by atoms with Gasteiger partial charge in [-0.15, -0.1) is 0 Å². The fourth-order valence-corrected chi connectivity index (χ4v) is 3.82. The van der Waals surface area contributed by atoms with Crippen LogP contribution in [0.4, 0.5) is 0 Å². The summed E-state index contributed by atoms with van der Waals surface area (Å²) in [6, 6.07) is 5.45. The van der Waals surface area contributed by atoms with Gasteiger partial charge in [-0.05, 0) is 55.4 Å². The summed E-state index contributed by atoms with van der Waals surface area (Å²) in [5.41, 5.74) is 3.61. The van der Waals surface area contributed by atoms with Gasteiger partial charge in [0.25, 0.3) is 11.5 Å². The Kier molecular flexibility index (Phi) is 5.66. The molecule has 0 spiro atoms. The van der Waals surface area contributed by atoms with Crippen molar-refractivity contribution >= 4 is 23.0 Å². The van der Waals surface area contributed by atoms with Crippen molar-refractivity contribution in [3.05, 3.63) is 56.6 Å². The van der Waals surface area contributed by atoms with Gasteiger partial charge < -0.3 is 15.0 Å². The van der Waals surface area contributed by atoms with Gasteiger partial charge in [0.1, 0.15) is 5.52 Å². The van der Waals surface area contributed by atoms with Crippen LogP contribution in [0.1, 0.15) is 53.7 Å². The summed E-state index contributed by atoms with van der Waals surface area (Å²) in [6.45, 7) is 4.32. The highest BCUT2D eigenvalue weighted by atomic mass is 35.5. The highest BCUT2D eigenvalue weighted by Crippen LogP contribution is 2.43. The Labute approximate surface area is 179 Å². The molecule has 2 aromatic heterocycles. The minimum absolute atomic E-state index is 0.106. The van der Waals surface area contributed by atoms with Crippen LogP contribution in [0.15, 0.2) is 29.2 Å². The van der Waals surface area contributed by atoms with E-state index < -0.39 is 0 Å². The molecular weight excluding hydrogens is 404 g/mol. The topological polar surface area (TPSA) is 88.5 Å². The number of carbonyl (C=O) groups is 1. The lowest BCUT2D eigenvalue weighted by atomic mass is 10.1. The van der Waals surface area contributed by atoms with Crippen LogP contribution >= 0.6 is 11.6 Å². The van der Waals surface area contributed by atoms with Gasteiger partial charge in [-0.1, -0.05) is 24.6 Å². The monoisotopic (exact) mass is 428 g/mol. The summed E-state index contributed by atoms with van der Waals surface area (Å²) in [5, 5.41) is 8.17. The number of methoxy groups -OCH3 is 1. The van der Waals surface area contributed by atoms with Crippen molar-refractivity contribution < 1.29 is 9.53 Å². The van der Waals surface area contributed by atoms with Crippen LogP contribution in [0.25, 0.3) is 16.8 Å². The van der Waals surface area contributed by atoms with E-state index in [1.54, 1.807) is 19.4 Å². The number of amides is 1. The lowest BCUT2D eigenvalue weighted by Gasteiger charge is -2.15. The zero-order valence-corrected chi connectivity index (χ0v) is 18.0. The first-order chi connectivity index (χ1) is 14.4. The number of hydrogen-bond donors (Lipinski definition) is 2. The fourth-order valence-electron chi connectivity index (χ4n) is 3.70. The maximum absolute atomic E-state index is 13.0. The second-order valence-electron chi connectivity index (χ2n) is 7.82. The zero-order valence-electron chi connectivity index (χ0n) is 17.3. The van der Waals surface area contributed by atoms with Crippen molar-refractivity contribution in [2.24, 2.45) is 0 Å². The average molecular weight is 429 g/mol. The summed E-state index contributed by atoms with van der Waals surface area (Å²) >= 11 is 6.13. The summed E-state index contributed by atoms with van der Waals surface area (Å²) in [5.74, 6) is -0.0803. The SMILES string of the molecule is CC[C@@H](COC)NC(=O)c1nn2cc(-c3ccc(Cl)c(C)c3)[nH]c(=O)c2c1C1CC1. The van der Waals surface area contributed by atoms with Crippen molar-refractivity contribution in [3.8, 4) is 11.3 Å². The first-order valence-corrected chi connectivity index (χ1v) is 10.5. The van der Waals surface area contributed by atoms with E-state index in [0.717, 1.165) is 36.0 Å². The van der Waals surface area contributed by atoms with E-state index in [9.17, 15) is 9.59 Å². The smallest absolute Gasteiger partial charge is 0.274 e. The van der Waals surface area contributed by atoms with Crippen molar-refractivity contribution in [1.29, 1.82) is 0 Å². The van der Waals surface area contributed by atoms with Crippen LogP contribution in [0.5, 0.6) is 0 Å². The number of H-pyrrole nitrogens is 1. The third-order valence-corrected chi connectivity index (χ3v) is 5.95. The van der Waals surface area contributed by atoms with Crippen LogP contribution in [-0.2, 0) is 4.74 Å². The molecule has 0 aliphatic heterocycles. The molecule has 4 rings (SSSR count). The Balaban J connectivity index is 1.79. The Morgan fingerprint density at radius 3 is 2.83 bits per heavy atom. The lowest BCUT2D eigenvalue weighted by Crippen LogP contribution is -2.38. The molecule has 2 N–H and O–H groups in total. The van der Waals surface area contributed by atoms with Crippen LogP contribution in [0, 0.1) is 6.92 Å². The summed E-state index contributed by atoms with van der Waals surface area (Å²) in [7, 11) is 1.61. The van der Waals surface area contributed by atoms with E-state index in [4.69, 9.17) is 16.3 Å². The number of nitrogens with zero attached hydrogens (tertiary/aromatic N) is 2. The minimum atomic E-state index is -0.271. The second-order valence-corrected chi connectivity index (χ2v) is 8.23. The highest BCUT2D eigenvalue weighted by molar-refractivity contribution is 6.31. The number of fused-ring (bicyclic) bond motifs is 1. The van der Waals surface area contributed by atoms with Crippen LogP contribution in [0.3, 0.4) is 0 Å². The standard InChI is InChI=1S/C22H25ClN4O3/c1-4-15(11-30-3)24-21(28)19-18(13-5-6-13)20-22(29)25-17(10-27(20)26-19)14-7-8-16(23)12(2)9-14/h7-10,13,15H,4-6,11H2,1-3H3,(H,24,28)(H,25,29)/t15-/m0/s1. The number of rotatable bonds is 7. The van der Waals surface area contributed by atoms with Crippen molar-refractivity contribution in [3.63, 3.8) is 0 Å². The molecule has 3 aromatic rings. The molecule has 0 radical (unpaired) electrons. The van der Waals surface area contributed by atoms with Crippen LogP contribution < -0.4 is 10.9 Å². The highest BCUT2D eigenvalue weighted by Gasteiger charge is 2.34. The Morgan fingerprint density at radius 1 is 1.43 bits per heavy atom. The zero-order chi connectivity index (χ0) is 21.4. The number of aromatic nitrogens is 3. The normalized spacial score (nSPS) is 14.8. The number of carbonyl (C=O) groups excluding carboxylic acids is 1. The number of aryl methyl sites for hydroxylation is 1. The number of benzene rings is 1. The molecule has 1 saturated carbocycles. The number of nitrogens with one attached hydrogen (secondary N) is 2. The van der Waals surface area contributed by atoms with Gasteiger partial charge in [-0.25, -0.2) is 4.52 Å². The van der Waals surface area contributed by atoms with Gasteiger partial charge in [0.05, 0.1) is 24.5 Å². The third kappa shape index (κ3) is 3.87. The van der Waals surface area contributed by atoms with Crippen LogP contribution in [0.2, 0.25) is 5.02 Å². The number of hydrogen-bond acceptors (Lipinski definition) is 4. The van der Waals surface area contributed by atoms with Gasteiger partial charge in [-0.2, -0.15) is 5.10 Å². The van der Waals surface area contributed by atoms with Gasteiger partial charge in [-0.3, -0.25) is 9.59 Å². The maximum Gasteiger partial charge on any atom is 0.274 e. The predicted octanol–water partition coefficient (Wildman–Crippen LogP) is 3.68. The Bertz CT molecular complexity index is 1160. The van der Waals surface area contributed by atoms with Gasteiger partial charge >= 0.3 is 0 Å². The molecule has 1 aliphatic rings.